The van der Waals surface area contributed by atoms with E-state index in [9.17, 15) is 0 Å². The van der Waals surface area contributed by atoms with E-state index in [4.69, 9.17) is 11.6 Å². The number of hydrogen-bond acceptors (Lipinski definition) is 0. The highest BCUT2D eigenvalue weighted by Crippen LogP contribution is 2.31. The van der Waals surface area contributed by atoms with Gasteiger partial charge in [-0.15, -0.1) is 11.6 Å². The molecule has 0 spiro atoms. The molecule has 1 aromatic rings. The van der Waals surface area contributed by atoms with Crippen LogP contribution in [0.15, 0.2) is 12.1 Å². The molecule has 0 bridgehead atoms. The molecule has 0 saturated carbocycles. The Morgan fingerprint density at radius 3 is 1.68 bits per heavy atom. The van der Waals surface area contributed by atoms with Crippen molar-refractivity contribution < 1.29 is 0 Å². The van der Waals surface area contributed by atoms with Gasteiger partial charge >= 0.3 is 0 Å². The van der Waals surface area contributed by atoms with E-state index in [1.807, 2.05) is 0 Å². The zero-order chi connectivity index (χ0) is 14.6. The average Bonchev–Trinajstić information content (AvgIpc) is 2.34. The second kappa shape index (κ2) is 7.01. The summed E-state index contributed by atoms with van der Waals surface area (Å²) >= 11 is 5.72. The molecule has 0 nitrogen and oxygen atoms in total. The van der Waals surface area contributed by atoms with E-state index >= 15 is 0 Å². The molecule has 0 N–H and O–H groups in total. The first kappa shape index (κ1) is 16.1. The standard InChI is InChI=1S/C18H25Cl/c1-12(2)15-10-17(13(3)4)16(8-7-9-19)18(11-15)14(5)6/h10-14H,9H2,1-6H3. The average molecular weight is 277 g/mol. The normalized spacial score (nSPS) is 11.1. The highest BCUT2D eigenvalue weighted by Gasteiger charge is 2.15. The van der Waals surface area contributed by atoms with Crippen LogP contribution < -0.4 is 0 Å². The van der Waals surface area contributed by atoms with E-state index in [0.29, 0.717) is 23.6 Å². The van der Waals surface area contributed by atoms with E-state index in [2.05, 4.69) is 65.5 Å². The van der Waals surface area contributed by atoms with E-state index in [0.717, 1.165) is 0 Å². The van der Waals surface area contributed by atoms with Gasteiger partial charge in [0.2, 0.25) is 0 Å². The Kier molecular flexibility index (Phi) is 5.95. The van der Waals surface area contributed by atoms with Crippen LogP contribution in [-0.4, -0.2) is 5.88 Å². The van der Waals surface area contributed by atoms with Crippen LogP contribution in [0, 0.1) is 11.8 Å². The topological polar surface area (TPSA) is 0 Å². The Labute approximate surface area is 123 Å². The molecule has 0 aromatic heterocycles. The lowest BCUT2D eigenvalue weighted by Crippen LogP contribution is -2.04. The minimum atomic E-state index is 0.390. The maximum atomic E-state index is 5.72. The summed E-state index contributed by atoms with van der Waals surface area (Å²) in [5.74, 6) is 8.20. The molecule has 1 aromatic carbocycles. The highest BCUT2D eigenvalue weighted by atomic mass is 35.5. The molecular formula is C18H25Cl. The number of rotatable bonds is 3. The molecule has 0 radical (unpaired) electrons. The van der Waals surface area contributed by atoms with Crippen LogP contribution in [-0.2, 0) is 0 Å². The summed E-state index contributed by atoms with van der Waals surface area (Å²) in [6, 6.07) is 4.64. The van der Waals surface area contributed by atoms with Crippen molar-refractivity contribution in [1.82, 2.24) is 0 Å². The fraction of sp³-hybridized carbons (Fsp3) is 0.556. The van der Waals surface area contributed by atoms with Gasteiger partial charge in [-0.2, -0.15) is 0 Å². The Morgan fingerprint density at radius 2 is 1.37 bits per heavy atom. The molecule has 0 aliphatic heterocycles. The van der Waals surface area contributed by atoms with Crippen LogP contribution in [0.2, 0.25) is 0 Å². The SMILES string of the molecule is CC(C)c1cc(C(C)C)c(C#CCCl)c(C(C)C)c1. The van der Waals surface area contributed by atoms with Gasteiger partial charge in [0, 0.05) is 5.56 Å². The van der Waals surface area contributed by atoms with Gasteiger partial charge in [-0.1, -0.05) is 65.5 Å². The Morgan fingerprint density at radius 1 is 0.895 bits per heavy atom. The first-order valence-corrected chi connectivity index (χ1v) is 7.64. The minimum absolute atomic E-state index is 0.390. The van der Waals surface area contributed by atoms with Crippen LogP contribution >= 0.6 is 11.6 Å². The molecule has 0 saturated heterocycles. The zero-order valence-corrected chi connectivity index (χ0v) is 13.7. The molecule has 0 atom stereocenters. The third kappa shape index (κ3) is 4.02. The lowest BCUT2D eigenvalue weighted by Gasteiger charge is -2.19. The third-order valence-electron chi connectivity index (χ3n) is 3.41. The van der Waals surface area contributed by atoms with E-state index < -0.39 is 0 Å². The van der Waals surface area contributed by atoms with Crippen molar-refractivity contribution in [2.75, 3.05) is 5.88 Å². The maximum absolute atomic E-state index is 5.72. The summed E-state index contributed by atoms with van der Waals surface area (Å²) < 4.78 is 0. The Balaban J connectivity index is 3.55. The molecule has 0 amide bonds. The number of benzene rings is 1. The van der Waals surface area contributed by atoms with Gasteiger partial charge in [0.1, 0.15) is 0 Å². The van der Waals surface area contributed by atoms with E-state index in [1.165, 1.54) is 22.3 Å². The van der Waals surface area contributed by atoms with Gasteiger partial charge in [0.25, 0.3) is 0 Å². The molecule has 0 fully saturated rings. The van der Waals surface area contributed by atoms with Crippen LogP contribution in [0.3, 0.4) is 0 Å². The maximum Gasteiger partial charge on any atom is 0.0839 e. The molecule has 1 heteroatoms. The highest BCUT2D eigenvalue weighted by molar-refractivity contribution is 6.19. The van der Waals surface area contributed by atoms with Crippen molar-refractivity contribution >= 4 is 11.6 Å². The van der Waals surface area contributed by atoms with Gasteiger partial charge in [-0.3, -0.25) is 0 Å². The van der Waals surface area contributed by atoms with Gasteiger partial charge < -0.3 is 0 Å². The number of halogens is 1. The van der Waals surface area contributed by atoms with Gasteiger partial charge in [-0.05, 0) is 34.4 Å². The van der Waals surface area contributed by atoms with E-state index in [1.54, 1.807) is 0 Å². The minimum Gasteiger partial charge on any atom is -0.113 e. The summed E-state index contributed by atoms with van der Waals surface area (Å²) in [6.07, 6.45) is 0. The van der Waals surface area contributed by atoms with Crippen LogP contribution in [0.25, 0.3) is 0 Å². The largest absolute Gasteiger partial charge is 0.113 e. The lowest BCUT2D eigenvalue weighted by atomic mass is 9.85. The Bertz CT molecular complexity index is 455. The first-order chi connectivity index (χ1) is 8.88. The number of hydrogen-bond donors (Lipinski definition) is 0. The van der Waals surface area contributed by atoms with Crippen LogP contribution in [0.5, 0.6) is 0 Å². The molecule has 0 heterocycles. The van der Waals surface area contributed by atoms with Crippen molar-refractivity contribution in [3.63, 3.8) is 0 Å². The van der Waals surface area contributed by atoms with Crippen molar-refractivity contribution in [3.05, 3.63) is 34.4 Å². The monoisotopic (exact) mass is 276 g/mol. The molecule has 0 aliphatic carbocycles. The smallest absolute Gasteiger partial charge is 0.0839 e. The molecule has 0 aliphatic rings. The fourth-order valence-electron chi connectivity index (χ4n) is 2.22. The van der Waals surface area contributed by atoms with Crippen molar-refractivity contribution in [3.8, 4) is 11.8 Å². The lowest BCUT2D eigenvalue weighted by molar-refractivity contribution is 0.800. The van der Waals surface area contributed by atoms with E-state index in [-0.39, 0.29) is 0 Å². The summed E-state index contributed by atoms with van der Waals surface area (Å²) in [7, 11) is 0. The second-order valence-corrected chi connectivity index (χ2v) is 6.24. The predicted molar refractivity (Wildman–Crippen MR) is 86.3 cm³/mol. The van der Waals surface area contributed by atoms with Crippen LogP contribution in [0.4, 0.5) is 0 Å². The van der Waals surface area contributed by atoms with Crippen LogP contribution in [0.1, 0.15) is 81.5 Å². The Hall–Kier alpha value is -0.930. The molecular weight excluding hydrogens is 252 g/mol. The zero-order valence-electron chi connectivity index (χ0n) is 13.0. The summed E-state index contributed by atoms with van der Waals surface area (Å²) in [5.41, 5.74) is 5.30. The summed E-state index contributed by atoms with van der Waals surface area (Å²) in [4.78, 5) is 0. The van der Waals surface area contributed by atoms with Crippen molar-refractivity contribution in [2.24, 2.45) is 0 Å². The summed E-state index contributed by atoms with van der Waals surface area (Å²) in [6.45, 7) is 13.4. The molecule has 19 heavy (non-hydrogen) atoms. The molecule has 1 rings (SSSR count). The van der Waals surface area contributed by atoms with Gasteiger partial charge in [0.05, 0.1) is 5.88 Å². The molecule has 0 unspecified atom stereocenters. The summed E-state index contributed by atoms with van der Waals surface area (Å²) in [5, 5.41) is 0. The predicted octanol–water partition coefficient (Wildman–Crippen LogP) is 5.65. The number of alkyl halides is 1. The second-order valence-electron chi connectivity index (χ2n) is 5.97. The van der Waals surface area contributed by atoms with Crippen molar-refractivity contribution in [2.45, 2.75) is 59.3 Å². The quantitative estimate of drug-likeness (QED) is 0.494. The van der Waals surface area contributed by atoms with Gasteiger partial charge in [-0.25, -0.2) is 0 Å². The first-order valence-electron chi connectivity index (χ1n) is 7.11. The third-order valence-corrected chi connectivity index (χ3v) is 3.55. The molecule has 104 valence electrons. The van der Waals surface area contributed by atoms with Crippen molar-refractivity contribution in [1.29, 1.82) is 0 Å². The van der Waals surface area contributed by atoms with Gasteiger partial charge in [0.15, 0.2) is 0 Å². The fourth-order valence-corrected chi connectivity index (χ4v) is 2.29.